The number of carbonyl (C=O) groups excluding carboxylic acids is 2. The highest BCUT2D eigenvalue weighted by molar-refractivity contribution is 6.02. The standard InChI is InChI=1S/C22H19F3O3/c1-2-28-21(27)17-13-16(14-9-5-3-6-10-14)18(19(17)22(23,24)25)20(26)15-11-7-4-8-12-15/h3-13,16,18-19H,2H2,1H3/t16-,18-,19-/m1/s1. The first-order chi connectivity index (χ1) is 13.3. The Hall–Kier alpha value is -2.89. The fourth-order valence-corrected chi connectivity index (χ4v) is 3.68. The fraction of sp³-hybridized carbons (Fsp3) is 0.273. The van der Waals surface area contributed by atoms with Gasteiger partial charge in [-0.15, -0.1) is 0 Å². The number of esters is 1. The average Bonchev–Trinajstić information content (AvgIpc) is 3.10. The molecule has 0 N–H and O–H groups in total. The summed E-state index contributed by atoms with van der Waals surface area (Å²) in [6.45, 7) is 1.48. The smallest absolute Gasteiger partial charge is 0.396 e. The van der Waals surface area contributed by atoms with Gasteiger partial charge in [-0.1, -0.05) is 66.7 Å². The van der Waals surface area contributed by atoms with Crippen LogP contribution in [0.5, 0.6) is 0 Å². The van der Waals surface area contributed by atoms with Crippen molar-refractivity contribution in [3.05, 3.63) is 83.4 Å². The molecule has 0 bridgehead atoms. The van der Waals surface area contributed by atoms with Gasteiger partial charge in [-0.05, 0) is 12.5 Å². The van der Waals surface area contributed by atoms with Crippen molar-refractivity contribution < 1.29 is 27.5 Å². The Balaban J connectivity index is 2.13. The summed E-state index contributed by atoms with van der Waals surface area (Å²) in [4.78, 5) is 25.4. The topological polar surface area (TPSA) is 43.4 Å². The van der Waals surface area contributed by atoms with E-state index in [1.54, 1.807) is 48.5 Å². The summed E-state index contributed by atoms with van der Waals surface area (Å²) < 4.78 is 46.9. The van der Waals surface area contributed by atoms with E-state index in [9.17, 15) is 22.8 Å². The van der Waals surface area contributed by atoms with Crippen molar-refractivity contribution in [2.45, 2.75) is 19.0 Å². The molecule has 146 valence electrons. The number of alkyl halides is 3. The van der Waals surface area contributed by atoms with E-state index in [1.165, 1.54) is 25.1 Å². The van der Waals surface area contributed by atoms with Crippen molar-refractivity contribution in [1.82, 2.24) is 0 Å². The molecular weight excluding hydrogens is 369 g/mol. The van der Waals surface area contributed by atoms with E-state index >= 15 is 0 Å². The predicted molar refractivity (Wildman–Crippen MR) is 97.7 cm³/mol. The van der Waals surface area contributed by atoms with Gasteiger partial charge in [0.25, 0.3) is 0 Å². The van der Waals surface area contributed by atoms with Crippen LogP contribution >= 0.6 is 0 Å². The van der Waals surface area contributed by atoms with Crippen molar-refractivity contribution in [3.63, 3.8) is 0 Å². The molecule has 0 saturated heterocycles. The van der Waals surface area contributed by atoms with Crippen molar-refractivity contribution >= 4 is 11.8 Å². The minimum Gasteiger partial charge on any atom is -0.463 e. The van der Waals surface area contributed by atoms with Crippen LogP contribution in [0.1, 0.15) is 28.8 Å². The largest absolute Gasteiger partial charge is 0.463 e. The molecule has 0 spiro atoms. The second-order valence-corrected chi connectivity index (χ2v) is 6.55. The second kappa shape index (κ2) is 8.00. The Bertz CT molecular complexity index is 873. The van der Waals surface area contributed by atoms with Gasteiger partial charge >= 0.3 is 12.1 Å². The van der Waals surface area contributed by atoms with Crippen LogP contribution in [0.25, 0.3) is 0 Å². The summed E-state index contributed by atoms with van der Waals surface area (Å²) in [5, 5.41) is 0. The molecule has 3 atom stereocenters. The van der Waals surface area contributed by atoms with Gasteiger partial charge in [0, 0.05) is 23.0 Å². The predicted octanol–water partition coefficient (Wildman–Crippen LogP) is 4.95. The van der Waals surface area contributed by atoms with E-state index < -0.39 is 41.3 Å². The Labute approximate surface area is 160 Å². The summed E-state index contributed by atoms with van der Waals surface area (Å²) in [5.41, 5.74) is 0.226. The molecular formula is C22H19F3O3. The summed E-state index contributed by atoms with van der Waals surface area (Å²) in [6.07, 6.45) is -3.52. The highest BCUT2D eigenvalue weighted by Crippen LogP contribution is 2.51. The quantitative estimate of drug-likeness (QED) is 0.538. The van der Waals surface area contributed by atoms with E-state index in [0.29, 0.717) is 5.56 Å². The molecule has 3 nitrogen and oxygen atoms in total. The SMILES string of the molecule is CCOC(=O)C1=C[C@H](c2ccccc2)[C@@H](C(=O)c2ccccc2)[C@@H]1C(F)(F)F. The van der Waals surface area contributed by atoms with Crippen LogP contribution in [0, 0.1) is 11.8 Å². The summed E-state index contributed by atoms with van der Waals surface area (Å²) in [5.74, 6) is -6.24. The Morgan fingerprint density at radius 1 is 0.964 bits per heavy atom. The summed E-state index contributed by atoms with van der Waals surface area (Å²) in [6, 6.07) is 16.3. The number of ether oxygens (including phenoxy) is 1. The third kappa shape index (κ3) is 3.86. The molecule has 2 aromatic rings. The first-order valence-corrected chi connectivity index (χ1v) is 8.94. The van der Waals surface area contributed by atoms with E-state index in [2.05, 4.69) is 0 Å². The van der Waals surface area contributed by atoms with E-state index in [-0.39, 0.29) is 12.2 Å². The maximum Gasteiger partial charge on any atom is 0.396 e. The molecule has 1 aliphatic carbocycles. The van der Waals surface area contributed by atoms with Crippen LogP contribution in [-0.2, 0) is 9.53 Å². The minimum absolute atomic E-state index is 0.0476. The first-order valence-electron chi connectivity index (χ1n) is 8.94. The number of halogens is 3. The Morgan fingerprint density at radius 2 is 1.54 bits per heavy atom. The van der Waals surface area contributed by atoms with Gasteiger partial charge in [0.1, 0.15) is 0 Å². The number of ketones is 1. The van der Waals surface area contributed by atoms with Gasteiger partial charge in [-0.3, -0.25) is 4.79 Å². The van der Waals surface area contributed by atoms with Crippen LogP contribution in [0.15, 0.2) is 72.3 Å². The molecule has 0 heterocycles. The molecule has 0 unspecified atom stereocenters. The zero-order chi connectivity index (χ0) is 20.3. The normalized spacial score (nSPS) is 21.9. The Kier molecular flexibility index (Phi) is 5.68. The molecule has 0 saturated carbocycles. The van der Waals surface area contributed by atoms with Crippen LogP contribution in [0.3, 0.4) is 0 Å². The molecule has 6 heteroatoms. The lowest BCUT2D eigenvalue weighted by Gasteiger charge is -2.27. The van der Waals surface area contributed by atoms with Crippen LogP contribution in [-0.4, -0.2) is 24.5 Å². The molecule has 3 rings (SSSR count). The molecule has 0 aliphatic heterocycles. The second-order valence-electron chi connectivity index (χ2n) is 6.55. The van der Waals surface area contributed by atoms with Gasteiger partial charge in [0.2, 0.25) is 0 Å². The number of rotatable bonds is 5. The summed E-state index contributed by atoms with van der Waals surface area (Å²) in [7, 11) is 0. The van der Waals surface area contributed by atoms with Crippen molar-refractivity contribution in [2.75, 3.05) is 6.61 Å². The maximum atomic E-state index is 14.0. The summed E-state index contributed by atoms with van der Waals surface area (Å²) >= 11 is 0. The first kappa shape index (κ1) is 19.9. The van der Waals surface area contributed by atoms with Crippen LogP contribution in [0.4, 0.5) is 13.2 Å². The Morgan fingerprint density at radius 3 is 2.07 bits per heavy atom. The maximum absolute atomic E-state index is 14.0. The number of hydrogen-bond acceptors (Lipinski definition) is 3. The van der Waals surface area contributed by atoms with Gasteiger partial charge in [-0.2, -0.15) is 13.2 Å². The molecule has 2 aromatic carbocycles. The molecule has 0 radical (unpaired) electrons. The lowest BCUT2D eigenvalue weighted by molar-refractivity contribution is -0.176. The molecule has 0 fully saturated rings. The van der Waals surface area contributed by atoms with E-state index in [0.717, 1.165) is 0 Å². The third-order valence-corrected chi connectivity index (χ3v) is 4.85. The van der Waals surface area contributed by atoms with Crippen LogP contribution < -0.4 is 0 Å². The molecule has 0 aromatic heterocycles. The number of benzene rings is 2. The highest BCUT2D eigenvalue weighted by atomic mass is 19.4. The zero-order valence-electron chi connectivity index (χ0n) is 15.1. The lowest BCUT2D eigenvalue weighted by Crippen LogP contribution is -2.37. The molecule has 28 heavy (non-hydrogen) atoms. The van der Waals surface area contributed by atoms with E-state index in [4.69, 9.17) is 4.74 Å². The fourth-order valence-electron chi connectivity index (χ4n) is 3.68. The molecule has 1 aliphatic rings. The van der Waals surface area contributed by atoms with Crippen molar-refractivity contribution in [2.24, 2.45) is 11.8 Å². The van der Waals surface area contributed by atoms with Crippen molar-refractivity contribution in [1.29, 1.82) is 0 Å². The minimum atomic E-state index is -4.77. The number of hydrogen-bond donors (Lipinski definition) is 0. The van der Waals surface area contributed by atoms with Crippen LogP contribution in [0.2, 0.25) is 0 Å². The van der Waals surface area contributed by atoms with Gasteiger partial charge < -0.3 is 4.74 Å². The van der Waals surface area contributed by atoms with E-state index in [1.807, 2.05) is 0 Å². The number of Topliss-reactive ketones (excluding diaryl/α,β-unsaturated/α-hetero) is 1. The zero-order valence-corrected chi connectivity index (χ0v) is 15.1. The lowest BCUT2D eigenvalue weighted by atomic mass is 9.77. The van der Waals surface area contributed by atoms with Gasteiger partial charge in [0.05, 0.1) is 12.5 Å². The monoisotopic (exact) mass is 388 g/mol. The van der Waals surface area contributed by atoms with Gasteiger partial charge in [0.15, 0.2) is 5.78 Å². The van der Waals surface area contributed by atoms with Crippen molar-refractivity contribution in [3.8, 4) is 0 Å². The highest BCUT2D eigenvalue weighted by Gasteiger charge is 2.57. The average molecular weight is 388 g/mol. The third-order valence-electron chi connectivity index (χ3n) is 4.85. The van der Waals surface area contributed by atoms with Gasteiger partial charge in [-0.25, -0.2) is 4.79 Å². The molecule has 0 amide bonds. The number of carbonyl (C=O) groups is 2. The number of allylic oxidation sites excluding steroid dienone is 1.